The molecular weight excluding hydrogens is 460 g/mol. The molecule has 4 N–H and O–H groups in total. The number of guanidine groups is 1. The summed E-state index contributed by atoms with van der Waals surface area (Å²) in [7, 11) is 1.60. The summed E-state index contributed by atoms with van der Waals surface area (Å²) in [6, 6.07) is 13.4. The van der Waals surface area contributed by atoms with Crippen LogP contribution in [-0.4, -0.2) is 59.7 Å². The van der Waals surface area contributed by atoms with Crippen molar-refractivity contribution in [3.8, 4) is 5.75 Å². The largest absolute Gasteiger partial charge is 0.490 e. The Hall–Kier alpha value is -3.43. The van der Waals surface area contributed by atoms with E-state index in [1.165, 1.54) is 4.90 Å². The number of amides is 2. The number of rotatable bonds is 8. The zero-order chi connectivity index (χ0) is 25.9. The number of aliphatic hydroxyl groups excluding tert-OH is 1. The molecule has 2 aliphatic heterocycles. The van der Waals surface area contributed by atoms with Gasteiger partial charge in [-0.15, -0.1) is 0 Å². The molecule has 2 heterocycles. The van der Waals surface area contributed by atoms with Gasteiger partial charge in [0.25, 0.3) is 5.91 Å². The van der Waals surface area contributed by atoms with Crippen LogP contribution < -0.4 is 15.8 Å². The smallest absolute Gasteiger partial charge is 0.251 e. The van der Waals surface area contributed by atoms with Crippen LogP contribution in [-0.2, 0) is 9.53 Å². The van der Waals surface area contributed by atoms with Crippen molar-refractivity contribution in [1.82, 2.24) is 10.2 Å². The van der Waals surface area contributed by atoms with Gasteiger partial charge in [-0.3, -0.25) is 14.5 Å². The Morgan fingerprint density at radius 3 is 2.83 bits per heavy atom. The third-order valence-electron chi connectivity index (χ3n) is 6.97. The minimum absolute atomic E-state index is 0.0907. The highest BCUT2D eigenvalue weighted by Gasteiger charge is 2.38. The fourth-order valence-electron chi connectivity index (χ4n) is 4.75. The lowest BCUT2D eigenvalue weighted by molar-refractivity contribution is -0.131. The molecule has 0 aromatic heterocycles. The Morgan fingerprint density at radius 2 is 2.11 bits per heavy atom. The van der Waals surface area contributed by atoms with Gasteiger partial charge in [0.1, 0.15) is 18.5 Å². The third-order valence-corrected chi connectivity index (χ3v) is 6.97. The monoisotopic (exact) mass is 494 g/mol. The highest BCUT2D eigenvalue weighted by molar-refractivity contribution is 5.99. The Balaban J connectivity index is 1.61. The minimum Gasteiger partial charge on any atom is -0.490 e. The van der Waals surface area contributed by atoms with E-state index in [2.05, 4.69) is 10.3 Å². The molecule has 0 fully saturated rings. The van der Waals surface area contributed by atoms with E-state index in [-0.39, 0.29) is 30.8 Å². The molecule has 36 heavy (non-hydrogen) atoms. The molecule has 4 atom stereocenters. The van der Waals surface area contributed by atoms with Gasteiger partial charge >= 0.3 is 0 Å². The van der Waals surface area contributed by atoms with Crippen molar-refractivity contribution in [3.63, 3.8) is 0 Å². The Morgan fingerprint density at radius 1 is 1.33 bits per heavy atom. The first-order chi connectivity index (χ1) is 17.3. The molecule has 2 aromatic rings. The van der Waals surface area contributed by atoms with Gasteiger partial charge in [0.15, 0.2) is 5.96 Å². The molecule has 9 heteroatoms. The molecule has 0 bridgehead atoms. The maximum Gasteiger partial charge on any atom is 0.251 e. The molecule has 0 saturated heterocycles. The summed E-state index contributed by atoms with van der Waals surface area (Å²) in [6.45, 7) is 4.40. The summed E-state index contributed by atoms with van der Waals surface area (Å²) in [6.07, 6.45) is 0.566. The number of benzene rings is 2. The maximum atomic E-state index is 13.3. The van der Waals surface area contributed by atoms with Crippen molar-refractivity contribution in [3.05, 3.63) is 65.2 Å². The van der Waals surface area contributed by atoms with Crippen LogP contribution in [0.25, 0.3) is 0 Å². The number of aliphatic imine (C=N–C) groups is 1. The Kier molecular flexibility index (Phi) is 7.61. The highest BCUT2D eigenvalue weighted by atomic mass is 16.5. The first-order valence-electron chi connectivity index (χ1n) is 12.2. The Labute approximate surface area is 211 Å². The zero-order valence-corrected chi connectivity index (χ0v) is 20.9. The summed E-state index contributed by atoms with van der Waals surface area (Å²) < 4.78 is 10.9. The van der Waals surface area contributed by atoms with Crippen molar-refractivity contribution in [2.24, 2.45) is 10.7 Å². The number of carbonyl (C=O) groups excluding carboxylic acids is 2. The van der Waals surface area contributed by atoms with E-state index in [0.29, 0.717) is 30.8 Å². The standard InChI is InChI=1S/C27H34N4O5/c1-4-27(2)15-23(33)31(26(28)30-27)20(12-13-35-3)17-8-7-9-18(14-17)25(34)29-24-19-10-5-6-11-22(19)36-16-21(24)32/h5-11,14,20-21,24,32H,4,12-13,15-16H2,1-3H3,(H2,28,30)(H,29,34)/t20-,21+,24-,27?/m1/s1. The van der Waals surface area contributed by atoms with Crippen LogP contribution in [0.15, 0.2) is 53.5 Å². The quantitative estimate of drug-likeness (QED) is 0.518. The van der Waals surface area contributed by atoms with Gasteiger partial charge in [-0.2, -0.15) is 0 Å². The Bertz CT molecular complexity index is 1150. The first kappa shape index (κ1) is 25.7. The van der Waals surface area contributed by atoms with Crippen LogP contribution in [0.2, 0.25) is 0 Å². The molecule has 0 aliphatic carbocycles. The van der Waals surface area contributed by atoms with Gasteiger partial charge < -0.3 is 25.6 Å². The SMILES string of the molecule is CCC1(C)CC(=O)N([C@H](CCOC)c2cccc(C(=O)N[C@@H]3c4ccccc4OC[C@@H]3O)c2)C(N)=N1. The predicted octanol–water partition coefficient (Wildman–Crippen LogP) is 2.70. The van der Waals surface area contributed by atoms with Crippen molar-refractivity contribution in [2.45, 2.75) is 56.8 Å². The van der Waals surface area contributed by atoms with Crippen molar-refractivity contribution < 1.29 is 24.2 Å². The molecule has 2 aliphatic rings. The molecule has 0 spiro atoms. The summed E-state index contributed by atoms with van der Waals surface area (Å²) in [5.74, 6) is 0.366. The van der Waals surface area contributed by atoms with Crippen LogP contribution >= 0.6 is 0 Å². The molecule has 4 rings (SSSR count). The van der Waals surface area contributed by atoms with E-state index in [1.807, 2.05) is 44.2 Å². The molecule has 0 saturated carbocycles. The first-order valence-corrected chi connectivity index (χ1v) is 12.2. The van der Waals surface area contributed by atoms with Crippen LogP contribution in [0.5, 0.6) is 5.75 Å². The zero-order valence-electron chi connectivity index (χ0n) is 20.9. The number of fused-ring (bicyclic) bond motifs is 1. The number of carbonyl (C=O) groups is 2. The average Bonchev–Trinajstić information content (AvgIpc) is 2.87. The van der Waals surface area contributed by atoms with Gasteiger partial charge in [0.2, 0.25) is 5.91 Å². The van der Waals surface area contributed by atoms with E-state index in [4.69, 9.17) is 15.2 Å². The number of nitrogens with two attached hydrogens (primary N) is 1. The number of methoxy groups -OCH3 is 1. The van der Waals surface area contributed by atoms with Gasteiger partial charge in [-0.25, -0.2) is 4.99 Å². The van der Waals surface area contributed by atoms with Gasteiger partial charge in [-0.1, -0.05) is 37.3 Å². The van der Waals surface area contributed by atoms with Crippen LogP contribution in [0.1, 0.15) is 66.7 Å². The van der Waals surface area contributed by atoms with Crippen molar-refractivity contribution in [2.75, 3.05) is 20.3 Å². The average molecular weight is 495 g/mol. The van der Waals surface area contributed by atoms with Crippen LogP contribution in [0.3, 0.4) is 0 Å². The maximum absolute atomic E-state index is 13.3. The van der Waals surface area contributed by atoms with Crippen LogP contribution in [0, 0.1) is 0 Å². The predicted molar refractivity (Wildman–Crippen MR) is 136 cm³/mol. The lowest BCUT2D eigenvalue weighted by atomic mass is 9.91. The van der Waals surface area contributed by atoms with Gasteiger partial charge in [0.05, 0.1) is 24.0 Å². The summed E-state index contributed by atoms with van der Waals surface area (Å²) in [5.41, 5.74) is 7.67. The fourth-order valence-corrected chi connectivity index (χ4v) is 4.75. The number of ether oxygens (including phenoxy) is 2. The molecule has 0 radical (unpaired) electrons. The molecule has 1 unspecified atom stereocenters. The van der Waals surface area contributed by atoms with E-state index in [9.17, 15) is 14.7 Å². The van der Waals surface area contributed by atoms with E-state index >= 15 is 0 Å². The molecule has 192 valence electrons. The van der Waals surface area contributed by atoms with E-state index in [1.54, 1.807) is 25.3 Å². The van der Waals surface area contributed by atoms with Crippen molar-refractivity contribution >= 4 is 17.8 Å². The second kappa shape index (κ2) is 10.7. The highest BCUT2D eigenvalue weighted by Crippen LogP contribution is 2.34. The fraction of sp³-hybridized carbons (Fsp3) is 0.444. The number of hydrogen-bond acceptors (Lipinski definition) is 7. The molecule has 2 aromatic carbocycles. The third kappa shape index (κ3) is 5.22. The summed E-state index contributed by atoms with van der Waals surface area (Å²) in [5, 5.41) is 13.5. The number of aliphatic hydroxyl groups is 1. The number of nitrogens with one attached hydrogen (secondary N) is 1. The second-order valence-electron chi connectivity index (χ2n) is 9.55. The lowest BCUT2D eigenvalue weighted by Crippen LogP contribution is -2.52. The molecule has 9 nitrogen and oxygen atoms in total. The number of para-hydroxylation sites is 1. The van der Waals surface area contributed by atoms with E-state index < -0.39 is 23.7 Å². The topological polar surface area (TPSA) is 126 Å². The minimum atomic E-state index is -0.878. The van der Waals surface area contributed by atoms with E-state index in [0.717, 1.165) is 11.1 Å². The molecule has 2 amide bonds. The number of hydrogen-bond donors (Lipinski definition) is 3. The summed E-state index contributed by atoms with van der Waals surface area (Å²) in [4.78, 5) is 32.6. The lowest BCUT2D eigenvalue weighted by Gasteiger charge is -2.39. The summed E-state index contributed by atoms with van der Waals surface area (Å²) >= 11 is 0. The molecular formula is C27H34N4O5. The van der Waals surface area contributed by atoms with Gasteiger partial charge in [0, 0.05) is 24.8 Å². The number of nitrogens with zero attached hydrogens (tertiary/aromatic N) is 2. The van der Waals surface area contributed by atoms with Gasteiger partial charge in [-0.05, 0) is 43.5 Å². The normalized spacial score (nSPS) is 24.4. The van der Waals surface area contributed by atoms with Crippen molar-refractivity contribution in [1.29, 1.82) is 0 Å². The second-order valence-corrected chi connectivity index (χ2v) is 9.55. The van der Waals surface area contributed by atoms with Crippen LogP contribution in [0.4, 0.5) is 0 Å².